The number of nitrogens with one attached hydrogen (secondary N) is 2. The first-order valence-electron chi connectivity index (χ1n) is 14.5. The summed E-state index contributed by atoms with van der Waals surface area (Å²) < 4.78 is 46.5. The number of aromatic hydroxyl groups is 1. The number of methoxy groups -OCH3 is 1. The molecule has 2 heterocycles. The van der Waals surface area contributed by atoms with Gasteiger partial charge in [-0.25, -0.2) is 8.42 Å². The lowest BCUT2D eigenvalue weighted by Crippen LogP contribution is -2.39. The van der Waals surface area contributed by atoms with Gasteiger partial charge in [0.25, 0.3) is 0 Å². The summed E-state index contributed by atoms with van der Waals surface area (Å²) >= 11 is 3.60. The molecule has 0 saturated heterocycles. The van der Waals surface area contributed by atoms with Gasteiger partial charge in [0.2, 0.25) is 21.8 Å². The molecule has 45 heavy (non-hydrogen) atoms. The van der Waals surface area contributed by atoms with Gasteiger partial charge in [0.05, 0.1) is 53.5 Å². The fourth-order valence-electron chi connectivity index (χ4n) is 5.84. The lowest BCUT2D eigenvalue weighted by Gasteiger charge is -2.18. The number of hydrogen-bond donors (Lipinski definition) is 3. The number of benzene rings is 3. The number of carbonyl (C=O) groups is 1. The van der Waals surface area contributed by atoms with E-state index in [2.05, 4.69) is 30.6 Å². The first kappa shape index (κ1) is 30.7. The Morgan fingerprint density at radius 2 is 1.82 bits per heavy atom. The summed E-state index contributed by atoms with van der Waals surface area (Å²) in [6.07, 6.45) is 2.74. The highest BCUT2D eigenvalue weighted by Crippen LogP contribution is 2.52. The van der Waals surface area contributed by atoms with Crippen molar-refractivity contribution in [1.29, 1.82) is 0 Å². The minimum atomic E-state index is -4.03. The van der Waals surface area contributed by atoms with Crippen LogP contribution in [0.25, 0.3) is 32.9 Å². The maximum absolute atomic E-state index is 13.3. The summed E-state index contributed by atoms with van der Waals surface area (Å²) in [6.45, 7) is 4.41. The topological polar surface area (TPSA) is 140 Å². The smallest absolute Gasteiger partial charge is 0.244 e. The van der Waals surface area contributed by atoms with E-state index in [0.717, 1.165) is 0 Å². The summed E-state index contributed by atoms with van der Waals surface area (Å²) in [5, 5.41) is 13.2. The number of halogens is 1. The Labute approximate surface area is 268 Å². The lowest BCUT2D eigenvalue weighted by atomic mass is 9.94. The summed E-state index contributed by atoms with van der Waals surface area (Å²) in [5.41, 5.74) is 2.00. The van der Waals surface area contributed by atoms with Gasteiger partial charge >= 0.3 is 0 Å². The van der Waals surface area contributed by atoms with Gasteiger partial charge in [-0.15, -0.1) is 0 Å². The number of sulfonamides is 1. The second-order valence-electron chi connectivity index (χ2n) is 10.8. The van der Waals surface area contributed by atoms with Crippen LogP contribution in [0, 0.1) is 0 Å². The van der Waals surface area contributed by atoms with Gasteiger partial charge in [-0.3, -0.25) is 14.5 Å². The molecule has 1 amide bonds. The number of H-pyrrole nitrogens is 1. The number of para-hydroxylation sites is 1. The van der Waals surface area contributed by atoms with Gasteiger partial charge in [0.15, 0.2) is 11.5 Å². The van der Waals surface area contributed by atoms with E-state index in [1.807, 2.05) is 19.9 Å². The zero-order valence-electron chi connectivity index (χ0n) is 24.9. The summed E-state index contributed by atoms with van der Waals surface area (Å²) in [6, 6.07) is 15.9. The highest BCUT2D eigenvalue weighted by molar-refractivity contribution is 9.10. The molecule has 12 heteroatoms. The van der Waals surface area contributed by atoms with Crippen LogP contribution in [0.3, 0.4) is 0 Å². The van der Waals surface area contributed by atoms with E-state index in [0.29, 0.717) is 92.0 Å². The minimum Gasteiger partial charge on any atom is -0.504 e. The predicted octanol–water partition coefficient (Wildman–Crippen LogP) is 6.34. The van der Waals surface area contributed by atoms with E-state index in [1.54, 1.807) is 54.7 Å². The van der Waals surface area contributed by atoms with Gasteiger partial charge in [-0.2, -0.15) is 0 Å². The second-order valence-corrected chi connectivity index (χ2v) is 13.4. The fraction of sp³-hybridized carbons (Fsp3) is 0.273. The first-order chi connectivity index (χ1) is 21.6. The van der Waals surface area contributed by atoms with Crippen LogP contribution in [0.2, 0.25) is 0 Å². The van der Waals surface area contributed by atoms with E-state index in [1.165, 1.54) is 7.11 Å². The Bertz CT molecular complexity index is 2060. The van der Waals surface area contributed by atoms with Crippen molar-refractivity contribution < 1.29 is 32.5 Å². The molecule has 1 aliphatic carbocycles. The quantitative estimate of drug-likeness (QED) is 0.146. The van der Waals surface area contributed by atoms with Crippen molar-refractivity contribution in [2.24, 2.45) is 0 Å². The molecule has 0 bridgehead atoms. The van der Waals surface area contributed by atoms with Crippen LogP contribution in [0.1, 0.15) is 37.8 Å². The second kappa shape index (κ2) is 11.9. The van der Waals surface area contributed by atoms with E-state index in [-0.39, 0.29) is 5.75 Å². The molecule has 1 saturated carbocycles. The molecule has 5 aromatic rings. The molecule has 0 unspecified atom stereocenters. The Morgan fingerprint density at radius 1 is 1.07 bits per heavy atom. The average molecular weight is 695 g/mol. The molecule has 2 aromatic heterocycles. The molecule has 6 rings (SSSR count). The summed E-state index contributed by atoms with van der Waals surface area (Å²) in [7, 11) is -2.51. The van der Waals surface area contributed by atoms with Crippen molar-refractivity contribution in [1.82, 2.24) is 14.7 Å². The Kier molecular flexibility index (Phi) is 8.13. The molecule has 0 spiro atoms. The van der Waals surface area contributed by atoms with Crippen molar-refractivity contribution in [2.45, 2.75) is 37.9 Å². The number of amides is 1. The summed E-state index contributed by atoms with van der Waals surface area (Å²) in [4.78, 5) is 21.2. The fourth-order valence-corrected chi connectivity index (χ4v) is 7.64. The number of phenols is 1. The van der Waals surface area contributed by atoms with E-state index >= 15 is 0 Å². The van der Waals surface area contributed by atoms with Crippen molar-refractivity contribution >= 4 is 53.5 Å². The van der Waals surface area contributed by atoms with Gasteiger partial charge in [-0.05, 0) is 56.5 Å². The number of aromatic amines is 1. The Balaban J connectivity index is 1.34. The molecule has 3 N–H and O–H groups in total. The molecule has 1 aliphatic rings. The van der Waals surface area contributed by atoms with Crippen LogP contribution >= 0.6 is 15.9 Å². The monoisotopic (exact) mass is 693 g/mol. The third kappa shape index (κ3) is 5.46. The van der Waals surface area contributed by atoms with Crippen molar-refractivity contribution in [3.8, 4) is 34.4 Å². The number of ether oxygens (including phenoxy) is 3. The van der Waals surface area contributed by atoms with Gasteiger partial charge in [-0.1, -0.05) is 46.3 Å². The van der Waals surface area contributed by atoms with Crippen LogP contribution in [-0.2, 0) is 26.0 Å². The molecule has 10 nitrogen and oxygen atoms in total. The third-order valence-corrected chi connectivity index (χ3v) is 9.86. The van der Waals surface area contributed by atoms with Crippen molar-refractivity contribution in [2.75, 3.05) is 20.3 Å². The normalized spacial score (nSPS) is 14.0. The number of nitrogens with zero attached hydrogens (tertiary/aromatic N) is 1. The molecule has 0 atom stereocenters. The molecular formula is C33H32BrN3O7S. The van der Waals surface area contributed by atoms with Crippen LogP contribution < -0.4 is 18.9 Å². The first-order valence-corrected chi connectivity index (χ1v) is 17.0. The number of phenolic OH excluding ortho intramolecular Hbond substituents is 1. The number of carbonyl (C=O) groups excluding carboxylic acids is 1. The van der Waals surface area contributed by atoms with Crippen molar-refractivity contribution in [3.63, 3.8) is 0 Å². The van der Waals surface area contributed by atoms with Crippen LogP contribution in [-0.4, -0.2) is 49.7 Å². The predicted molar refractivity (Wildman–Crippen MR) is 175 cm³/mol. The number of pyridine rings is 1. The summed E-state index contributed by atoms with van der Waals surface area (Å²) in [5.74, 6) is 0.265. The van der Waals surface area contributed by atoms with Crippen LogP contribution in [0.4, 0.5) is 0 Å². The molecule has 1 fully saturated rings. The zero-order chi connectivity index (χ0) is 31.9. The highest BCUT2D eigenvalue weighted by atomic mass is 79.9. The third-order valence-electron chi connectivity index (χ3n) is 8.00. The molecule has 3 aromatic carbocycles. The van der Waals surface area contributed by atoms with Crippen LogP contribution in [0.5, 0.6) is 23.1 Å². The number of fused-ring (bicyclic) bond motifs is 3. The maximum Gasteiger partial charge on any atom is 0.244 e. The molecule has 0 radical (unpaired) electrons. The van der Waals surface area contributed by atoms with Crippen LogP contribution in [0.15, 0.2) is 65.3 Å². The van der Waals surface area contributed by atoms with Crippen molar-refractivity contribution in [3.05, 3.63) is 76.4 Å². The Hall–Kier alpha value is -4.29. The average Bonchev–Trinajstić information content (AvgIpc) is 3.75. The molecule has 234 valence electrons. The maximum atomic E-state index is 13.3. The van der Waals surface area contributed by atoms with E-state index in [4.69, 9.17) is 14.2 Å². The number of hydrogen-bond acceptors (Lipinski definition) is 8. The molecular weight excluding hydrogens is 662 g/mol. The standard InChI is InChI=1S/C33H32BrN3O7S/c1-4-43-30-21-9-8-16-35-27(21)26-25(29(30)38)28(36-31(26)44-5-2)20-13-12-19(17-23(20)34)18-45(40,41)37-32(39)33(14-15-33)22-10-6-7-11-24(22)42-3/h6-13,16-17,36,38H,4-5,14-15,18H2,1-3H3,(H,37,39). The SMILES string of the molecule is CCOc1c(O)c2c(-c3ccc(CS(=O)(=O)NC(=O)C4(c5ccccc5OC)CC4)cc3Br)[nH]c(OCC)c2c2ncccc12. The molecule has 0 aliphatic heterocycles. The van der Waals surface area contributed by atoms with Gasteiger partial charge in [0, 0.05) is 27.2 Å². The van der Waals surface area contributed by atoms with E-state index in [9.17, 15) is 18.3 Å². The zero-order valence-corrected chi connectivity index (χ0v) is 27.3. The lowest BCUT2D eigenvalue weighted by molar-refractivity contribution is -0.121. The van der Waals surface area contributed by atoms with E-state index < -0.39 is 27.1 Å². The largest absolute Gasteiger partial charge is 0.504 e. The van der Waals surface area contributed by atoms with Gasteiger partial charge in [0.1, 0.15) is 5.75 Å². The number of aromatic nitrogens is 2. The Morgan fingerprint density at radius 3 is 2.51 bits per heavy atom. The minimum absolute atomic E-state index is 0.0603. The number of rotatable bonds is 11. The highest BCUT2D eigenvalue weighted by Gasteiger charge is 2.53. The van der Waals surface area contributed by atoms with Gasteiger partial charge < -0.3 is 24.3 Å².